The van der Waals surface area contributed by atoms with E-state index in [1.807, 2.05) is 20.0 Å². The minimum atomic E-state index is -1.91. The zero-order valence-corrected chi connectivity index (χ0v) is 18.4. The lowest BCUT2D eigenvalue weighted by Gasteiger charge is -2.38. The van der Waals surface area contributed by atoms with Crippen molar-refractivity contribution in [2.75, 3.05) is 0 Å². The molecule has 0 saturated carbocycles. The van der Waals surface area contributed by atoms with E-state index in [0.29, 0.717) is 0 Å². The van der Waals surface area contributed by atoms with Gasteiger partial charge in [-0.05, 0) is 37.0 Å². The van der Waals surface area contributed by atoms with E-state index < -0.39 is 7.26 Å². The first-order chi connectivity index (χ1) is 13.7. The fourth-order valence-corrected chi connectivity index (χ4v) is 7.80. The third kappa shape index (κ3) is 4.24. The van der Waals surface area contributed by atoms with Gasteiger partial charge >= 0.3 is 0 Å². The summed E-state index contributed by atoms with van der Waals surface area (Å²) in [5.41, 5.74) is 3.05. The summed E-state index contributed by atoms with van der Waals surface area (Å²) in [6, 6.07) is 32.7. The van der Waals surface area contributed by atoms with Crippen LogP contribution < -0.4 is 15.9 Å². The lowest BCUT2D eigenvalue weighted by Crippen LogP contribution is -2.32. The van der Waals surface area contributed by atoms with Gasteiger partial charge in [-0.1, -0.05) is 91.0 Å². The molecule has 0 N–H and O–H groups in total. The molecule has 4 aromatic rings. The number of hydrogen-bond donors (Lipinski definition) is 0. The second-order valence-electron chi connectivity index (χ2n) is 7.01. The van der Waals surface area contributed by atoms with Gasteiger partial charge in [0.05, 0.1) is 17.1 Å². The molecular formula is C25H25ClN2P. The molecule has 0 amide bonds. The van der Waals surface area contributed by atoms with E-state index in [-0.39, 0.29) is 12.4 Å². The fraction of sp³-hybridized carbons (Fsp3) is 0.120. The summed E-state index contributed by atoms with van der Waals surface area (Å²) in [6.07, 6.45) is 2.81. The molecule has 0 unspecified atom stereocenters. The predicted molar refractivity (Wildman–Crippen MR) is 128 cm³/mol. The molecular weight excluding hydrogens is 395 g/mol. The Kier molecular flexibility index (Phi) is 6.79. The lowest BCUT2D eigenvalue weighted by molar-refractivity contribution is 0.991. The first-order valence-electron chi connectivity index (χ1n) is 9.54. The van der Waals surface area contributed by atoms with Crippen molar-refractivity contribution >= 4 is 35.6 Å². The molecule has 0 saturated heterocycles. The van der Waals surface area contributed by atoms with Crippen LogP contribution >= 0.6 is 19.7 Å². The minimum Gasteiger partial charge on any atom is -0.258 e. The van der Waals surface area contributed by atoms with Crippen molar-refractivity contribution in [1.82, 2.24) is 9.97 Å². The highest BCUT2D eigenvalue weighted by molar-refractivity contribution is 7.95. The van der Waals surface area contributed by atoms with Gasteiger partial charge in [-0.3, -0.25) is 9.97 Å². The molecule has 0 aliphatic carbocycles. The van der Waals surface area contributed by atoms with Crippen LogP contribution in [0.15, 0.2) is 97.2 Å². The van der Waals surface area contributed by atoms with Crippen LogP contribution in [-0.2, 0) is 6.16 Å². The van der Waals surface area contributed by atoms with Gasteiger partial charge in [0.25, 0.3) is 0 Å². The van der Waals surface area contributed by atoms with Gasteiger partial charge in [0.15, 0.2) is 0 Å². The number of benzene rings is 3. The summed E-state index contributed by atoms with van der Waals surface area (Å²) in [4.78, 5) is 9.50. The molecule has 0 bridgehead atoms. The van der Waals surface area contributed by atoms with Crippen LogP contribution in [0.1, 0.15) is 17.1 Å². The van der Waals surface area contributed by atoms with Gasteiger partial charge in [0, 0.05) is 12.4 Å². The van der Waals surface area contributed by atoms with Gasteiger partial charge in [0.1, 0.15) is 0 Å². The number of halogens is 1. The van der Waals surface area contributed by atoms with Gasteiger partial charge < -0.3 is 0 Å². The third-order valence-corrected chi connectivity index (χ3v) is 9.57. The van der Waals surface area contributed by atoms with Gasteiger partial charge in [-0.25, -0.2) is 0 Å². The van der Waals surface area contributed by atoms with Crippen molar-refractivity contribution in [1.29, 1.82) is 0 Å². The Bertz CT molecular complexity index is 957. The normalized spacial score (nSPS) is 11.0. The zero-order valence-electron chi connectivity index (χ0n) is 16.7. The Morgan fingerprint density at radius 2 is 1.03 bits per heavy atom. The standard InChI is InChI=1S/C25H24N2P.ClH/c1-20-21(2)27-22(18-26-20)19-28(23-12-6-3-7-13-23,24-14-8-4-9-15-24)25-16-10-5-11-17-25;/h3-18H,19H2,1-2H3;1H. The number of nitrogens with zero attached hydrogens (tertiary/aromatic N) is 2. The average molecular weight is 420 g/mol. The van der Waals surface area contributed by atoms with Gasteiger partial charge in [-0.15, -0.1) is 12.4 Å². The van der Waals surface area contributed by atoms with Crippen LogP contribution in [0.5, 0.6) is 0 Å². The van der Waals surface area contributed by atoms with Crippen molar-refractivity contribution in [2.24, 2.45) is 0 Å². The van der Waals surface area contributed by atoms with Crippen LogP contribution in [0.3, 0.4) is 0 Å². The first kappa shape index (κ1) is 21.2. The smallest absolute Gasteiger partial charge is 0.0638 e. The predicted octanol–water partition coefficient (Wildman–Crippen LogP) is 5.01. The van der Waals surface area contributed by atoms with Crippen molar-refractivity contribution in [3.05, 3.63) is 114 Å². The molecule has 0 aliphatic rings. The Morgan fingerprint density at radius 3 is 1.41 bits per heavy atom. The Morgan fingerprint density at radius 1 is 0.621 bits per heavy atom. The van der Waals surface area contributed by atoms with Crippen molar-refractivity contribution in [3.63, 3.8) is 0 Å². The van der Waals surface area contributed by atoms with Crippen LogP contribution in [-0.4, -0.2) is 9.97 Å². The molecule has 1 aromatic heterocycles. The molecule has 4 heteroatoms. The molecule has 1 radical (unpaired) electrons. The maximum absolute atomic E-state index is 4.90. The summed E-state index contributed by atoms with van der Waals surface area (Å²) >= 11 is 0. The fourth-order valence-electron chi connectivity index (χ4n) is 3.68. The maximum atomic E-state index is 4.90. The van der Waals surface area contributed by atoms with Crippen LogP contribution in [0.2, 0.25) is 0 Å². The summed E-state index contributed by atoms with van der Waals surface area (Å²) < 4.78 is 0. The molecule has 3 aromatic carbocycles. The highest BCUT2D eigenvalue weighted by Gasteiger charge is 2.34. The number of aryl methyl sites for hydroxylation is 2. The van der Waals surface area contributed by atoms with E-state index in [0.717, 1.165) is 23.2 Å². The molecule has 29 heavy (non-hydrogen) atoms. The topological polar surface area (TPSA) is 25.8 Å². The summed E-state index contributed by atoms with van der Waals surface area (Å²) in [5.74, 6) is 0. The van der Waals surface area contributed by atoms with Gasteiger partial charge in [-0.2, -0.15) is 0 Å². The summed E-state index contributed by atoms with van der Waals surface area (Å²) in [7, 11) is -1.91. The van der Waals surface area contributed by atoms with Crippen LogP contribution in [0, 0.1) is 13.8 Å². The molecule has 4 rings (SSSR count). The van der Waals surface area contributed by atoms with E-state index in [1.54, 1.807) is 0 Å². The SMILES string of the molecule is Cc1ncc(C[P](c2ccccc2)(c2ccccc2)c2ccccc2)nc1C.Cl. The summed E-state index contributed by atoms with van der Waals surface area (Å²) in [5, 5.41) is 4.10. The quantitative estimate of drug-likeness (QED) is 0.425. The highest BCUT2D eigenvalue weighted by atomic mass is 35.5. The second-order valence-corrected chi connectivity index (χ2v) is 10.5. The van der Waals surface area contributed by atoms with E-state index >= 15 is 0 Å². The summed E-state index contributed by atoms with van der Waals surface area (Å²) in [6.45, 7) is 4.06. The van der Waals surface area contributed by atoms with Gasteiger partial charge in [0.2, 0.25) is 0 Å². The molecule has 0 spiro atoms. The molecule has 1 heterocycles. The first-order valence-corrected chi connectivity index (χ1v) is 11.5. The van der Waals surface area contributed by atoms with Crippen LogP contribution in [0.25, 0.3) is 0 Å². The molecule has 147 valence electrons. The lowest BCUT2D eigenvalue weighted by atomic mass is 10.3. The van der Waals surface area contributed by atoms with Crippen LogP contribution in [0.4, 0.5) is 0 Å². The highest BCUT2D eigenvalue weighted by Crippen LogP contribution is 2.57. The Labute approximate surface area is 179 Å². The van der Waals surface area contributed by atoms with E-state index in [1.165, 1.54) is 15.9 Å². The maximum Gasteiger partial charge on any atom is 0.0638 e. The number of aromatic nitrogens is 2. The largest absolute Gasteiger partial charge is 0.258 e. The second kappa shape index (κ2) is 9.31. The monoisotopic (exact) mass is 419 g/mol. The molecule has 0 fully saturated rings. The number of hydrogen-bond acceptors (Lipinski definition) is 2. The Hall–Kier alpha value is -2.54. The zero-order chi connectivity index (χ0) is 19.4. The van der Waals surface area contributed by atoms with E-state index in [9.17, 15) is 0 Å². The minimum absolute atomic E-state index is 0. The number of rotatable bonds is 5. The van der Waals surface area contributed by atoms with E-state index in [4.69, 9.17) is 4.98 Å². The molecule has 2 nitrogen and oxygen atoms in total. The Balaban J connectivity index is 0.00000240. The third-order valence-electron chi connectivity index (χ3n) is 5.23. The van der Waals surface area contributed by atoms with E-state index in [2.05, 4.69) is 96.0 Å². The molecule has 0 atom stereocenters. The van der Waals surface area contributed by atoms with Crippen molar-refractivity contribution in [2.45, 2.75) is 20.0 Å². The van der Waals surface area contributed by atoms with Crippen molar-refractivity contribution in [3.8, 4) is 0 Å². The average Bonchev–Trinajstić information content (AvgIpc) is 2.76. The molecule has 0 aliphatic heterocycles. The van der Waals surface area contributed by atoms with Crippen molar-refractivity contribution < 1.29 is 0 Å².